The van der Waals surface area contributed by atoms with Gasteiger partial charge in [-0.25, -0.2) is 9.78 Å². The van der Waals surface area contributed by atoms with Crippen LogP contribution in [0, 0.1) is 24.7 Å². The Morgan fingerprint density at radius 1 is 0.966 bits per heavy atom. The van der Waals surface area contributed by atoms with E-state index in [0.717, 1.165) is 43.4 Å². The Labute approximate surface area is 341 Å². The fourth-order valence-corrected chi connectivity index (χ4v) is 9.23. The van der Waals surface area contributed by atoms with Crippen LogP contribution in [0.25, 0.3) is 0 Å². The zero-order valence-electron chi connectivity index (χ0n) is 33.3. The predicted molar refractivity (Wildman–Crippen MR) is 203 cm³/mol. The third-order valence-corrected chi connectivity index (χ3v) is 12.7. The van der Waals surface area contributed by atoms with E-state index in [9.17, 15) is 49.8 Å². The number of nitrogens with one attached hydrogen (secondary N) is 3. The first-order valence-corrected chi connectivity index (χ1v) is 21.1. The number of aliphatic hydroxyl groups is 5. The molecule has 19 nitrogen and oxygen atoms in total. The van der Waals surface area contributed by atoms with Gasteiger partial charge in [0, 0.05) is 23.9 Å². The Morgan fingerprint density at radius 3 is 2.31 bits per heavy atom. The van der Waals surface area contributed by atoms with Crippen LogP contribution in [0.4, 0.5) is 0 Å². The number of carboxylic acid groups (broad SMARTS) is 1. The van der Waals surface area contributed by atoms with E-state index >= 15 is 0 Å². The SMILES string of the molecule is CCC1CC(C(=O)NNC(=O)c2nc(C)cs2)C[C@@H](OC2COC(CO)[C@H](O)C(O[C@@H](CC3CCCCC3)C(=O)O)C2NC(C)=O)C1OC1O[C@@H](C)C(O)C(O)[C@@H]1O. The summed E-state index contributed by atoms with van der Waals surface area (Å²) in [6.07, 6.45) is -10.6. The minimum Gasteiger partial charge on any atom is -0.479 e. The third kappa shape index (κ3) is 11.5. The largest absolute Gasteiger partial charge is 0.479 e. The normalized spacial score (nSPS) is 36.6. The van der Waals surface area contributed by atoms with E-state index in [2.05, 4.69) is 21.2 Å². The second-order valence-corrected chi connectivity index (χ2v) is 16.9. The van der Waals surface area contributed by atoms with E-state index in [1.165, 1.54) is 13.8 Å². The van der Waals surface area contributed by atoms with Crippen LogP contribution >= 0.6 is 11.3 Å². The fraction of sp³-hybridized carbons (Fsp3) is 0.816. The van der Waals surface area contributed by atoms with Gasteiger partial charge >= 0.3 is 5.97 Å². The van der Waals surface area contributed by atoms with Crippen molar-refractivity contribution < 1.29 is 73.5 Å². The number of rotatable bonds is 14. The summed E-state index contributed by atoms with van der Waals surface area (Å²) in [7, 11) is 0. The molecular formula is C38H60N4O15S. The van der Waals surface area contributed by atoms with Gasteiger partial charge in [0.25, 0.3) is 5.91 Å². The molecule has 58 heavy (non-hydrogen) atoms. The molecule has 2 saturated heterocycles. The number of hydrazine groups is 1. The van der Waals surface area contributed by atoms with Gasteiger partial charge in [-0.3, -0.25) is 25.2 Å². The molecule has 0 bridgehead atoms. The first kappa shape index (κ1) is 46.2. The van der Waals surface area contributed by atoms with Crippen LogP contribution in [-0.2, 0) is 38.1 Å². The van der Waals surface area contributed by atoms with Crippen molar-refractivity contribution in [3.05, 3.63) is 16.1 Å². The van der Waals surface area contributed by atoms with E-state index in [4.69, 9.17) is 23.7 Å². The number of aliphatic hydroxyl groups excluding tert-OH is 5. The number of ether oxygens (including phenoxy) is 5. The number of amides is 3. The maximum absolute atomic E-state index is 13.7. The molecule has 0 radical (unpaired) electrons. The summed E-state index contributed by atoms with van der Waals surface area (Å²) in [6.45, 7) is 5.31. The molecule has 10 unspecified atom stereocenters. The van der Waals surface area contributed by atoms with E-state index < -0.39 is 122 Å². The number of thiazole rings is 1. The van der Waals surface area contributed by atoms with Gasteiger partial charge in [0.05, 0.1) is 37.6 Å². The highest BCUT2D eigenvalue weighted by atomic mass is 32.1. The quantitative estimate of drug-likeness (QED) is 0.109. The molecule has 4 fully saturated rings. The summed E-state index contributed by atoms with van der Waals surface area (Å²) in [5.74, 6) is -4.17. The molecule has 5 rings (SSSR count). The molecule has 3 heterocycles. The molecule has 1 aromatic rings. The lowest BCUT2D eigenvalue weighted by Gasteiger charge is -2.46. The number of carbonyl (C=O) groups excluding carboxylic acids is 3. The van der Waals surface area contributed by atoms with Gasteiger partial charge in [0.2, 0.25) is 11.8 Å². The van der Waals surface area contributed by atoms with E-state index in [-0.39, 0.29) is 36.8 Å². The van der Waals surface area contributed by atoms with Crippen molar-refractivity contribution >= 4 is 35.0 Å². The molecule has 3 amide bonds. The molecule has 4 aliphatic rings. The first-order valence-electron chi connectivity index (χ1n) is 20.2. The highest BCUT2D eigenvalue weighted by Crippen LogP contribution is 2.39. The minimum absolute atomic E-state index is 0.0526. The Kier molecular flexibility index (Phi) is 16.8. The van der Waals surface area contributed by atoms with Crippen molar-refractivity contribution in [3.8, 4) is 0 Å². The predicted octanol–water partition coefficient (Wildman–Crippen LogP) is -0.319. The number of aliphatic carboxylic acids is 1. The highest BCUT2D eigenvalue weighted by molar-refractivity contribution is 7.11. The number of nitrogens with zero attached hydrogens (tertiary/aromatic N) is 1. The van der Waals surface area contributed by atoms with Crippen LogP contribution < -0.4 is 16.2 Å². The molecule has 20 heteroatoms. The Morgan fingerprint density at radius 2 is 1.69 bits per heavy atom. The van der Waals surface area contributed by atoms with Crippen molar-refractivity contribution in [2.75, 3.05) is 13.2 Å². The molecule has 2 aliphatic heterocycles. The van der Waals surface area contributed by atoms with Crippen LogP contribution in [0.15, 0.2) is 5.38 Å². The van der Waals surface area contributed by atoms with Gasteiger partial charge in [-0.15, -0.1) is 11.3 Å². The van der Waals surface area contributed by atoms with Gasteiger partial charge in [-0.1, -0.05) is 45.4 Å². The number of hydrogen-bond donors (Lipinski definition) is 9. The Bertz CT molecular complexity index is 1530. The van der Waals surface area contributed by atoms with Crippen LogP contribution in [0.2, 0.25) is 0 Å². The van der Waals surface area contributed by atoms with Crippen LogP contribution in [0.3, 0.4) is 0 Å². The summed E-state index contributed by atoms with van der Waals surface area (Å²) >= 11 is 1.11. The van der Waals surface area contributed by atoms with Crippen LogP contribution in [0.1, 0.15) is 94.1 Å². The van der Waals surface area contributed by atoms with E-state index in [1.807, 2.05) is 6.92 Å². The molecule has 0 spiro atoms. The van der Waals surface area contributed by atoms with Crippen molar-refractivity contribution in [2.45, 2.75) is 165 Å². The molecule has 0 aromatic carbocycles. The molecule has 2 saturated carbocycles. The van der Waals surface area contributed by atoms with Crippen molar-refractivity contribution in [3.63, 3.8) is 0 Å². The van der Waals surface area contributed by atoms with Gasteiger partial charge in [-0.05, 0) is 44.9 Å². The number of hydrogen-bond acceptors (Lipinski definition) is 16. The lowest BCUT2D eigenvalue weighted by Crippen LogP contribution is -2.61. The maximum atomic E-state index is 13.7. The highest BCUT2D eigenvalue weighted by Gasteiger charge is 2.51. The second-order valence-electron chi connectivity index (χ2n) is 16.0. The lowest BCUT2D eigenvalue weighted by atomic mass is 9.75. The number of aromatic nitrogens is 1. The van der Waals surface area contributed by atoms with Gasteiger partial charge < -0.3 is 59.6 Å². The number of carbonyl (C=O) groups is 4. The van der Waals surface area contributed by atoms with Gasteiger partial charge in [-0.2, -0.15) is 0 Å². The average molecular weight is 845 g/mol. The lowest BCUT2D eigenvalue weighted by molar-refractivity contribution is -0.322. The number of carboxylic acids is 1. The average Bonchev–Trinajstić information content (AvgIpc) is 3.60. The molecule has 1 aromatic heterocycles. The van der Waals surface area contributed by atoms with Gasteiger partial charge in [0.15, 0.2) is 17.4 Å². The first-order chi connectivity index (χ1) is 27.6. The smallest absolute Gasteiger partial charge is 0.332 e. The zero-order chi connectivity index (χ0) is 42.3. The molecular weight excluding hydrogens is 784 g/mol. The summed E-state index contributed by atoms with van der Waals surface area (Å²) in [5, 5.41) is 68.6. The third-order valence-electron chi connectivity index (χ3n) is 11.8. The summed E-state index contributed by atoms with van der Waals surface area (Å²) in [4.78, 5) is 56.0. The summed E-state index contributed by atoms with van der Waals surface area (Å²) < 4.78 is 31.1. The van der Waals surface area contributed by atoms with E-state index in [0.29, 0.717) is 12.1 Å². The Hall–Kier alpha value is -2.89. The zero-order valence-corrected chi connectivity index (χ0v) is 34.1. The van der Waals surface area contributed by atoms with Crippen LogP contribution in [-0.4, -0.2) is 152 Å². The maximum Gasteiger partial charge on any atom is 0.332 e. The number of aryl methyl sites for hydroxylation is 1. The van der Waals surface area contributed by atoms with E-state index in [1.54, 1.807) is 12.3 Å². The summed E-state index contributed by atoms with van der Waals surface area (Å²) in [5.41, 5.74) is 5.51. The van der Waals surface area contributed by atoms with Gasteiger partial charge in [0.1, 0.15) is 42.7 Å². The van der Waals surface area contributed by atoms with Crippen molar-refractivity contribution in [1.29, 1.82) is 0 Å². The monoisotopic (exact) mass is 844 g/mol. The topological polar surface area (TPSA) is 285 Å². The van der Waals surface area contributed by atoms with Crippen LogP contribution in [0.5, 0.6) is 0 Å². The van der Waals surface area contributed by atoms with Crippen molar-refractivity contribution in [2.24, 2.45) is 17.8 Å². The summed E-state index contributed by atoms with van der Waals surface area (Å²) in [6, 6.07) is -1.25. The molecule has 9 N–H and O–H groups in total. The fourth-order valence-electron chi connectivity index (χ4n) is 8.54. The second kappa shape index (κ2) is 21.1. The minimum atomic E-state index is -1.67. The van der Waals surface area contributed by atoms with Crippen molar-refractivity contribution in [1.82, 2.24) is 21.2 Å². The molecule has 15 atom stereocenters. The standard InChI is InChI=1S/C38H60N4O15S/c1-5-21-12-22(34(49)41-42-35(50)36-39-17(2)16-58-36)13-23(32(21)57-38-31(48)30(47)28(45)18(3)54-38)55-26-15-53-25(14-43)29(46)33(27(26)40-19(4)44)56-24(37(51)52)11-20-9-7-6-8-10-20/h16,18,20-33,38,43,45-48H,5-15H2,1-4H3,(H,40,44)(H,41,49)(H,42,50)(H,51,52)/t18-,21?,22?,23+,24-,25?,26?,27?,28?,29-,30?,31-,32?,33?,38?/m0/s1. The Balaban J connectivity index is 1.45. The molecule has 328 valence electrons. The molecule has 2 aliphatic carbocycles.